The zero-order valence-corrected chi connectivity index (χ0v) is 18.3. The van der Waals surface area contributed by atoms with Crippen LogP contribution < -0.4 is 5.32 Å². The van der Waals surface area contributed by atoms with Gasteiger partial charge in [-0.2, -0.15) is 0 Å². The molecule has 1 fully saturated rings. The van der Waals surface area contributed by atoms with Gasteiger partial charge < -0.3 is 15.2 Å². The van der Waals surface area contributed by atoms with Crippen molar-refractivity contribution in [1.29, 1.82) is 0 Å². The van der Waals surface area contributed by atoms with Crippen molar-refractivity contribution in [1.82, 2.24) is 24.8 Å². The molecule has 2 N–H and O–H groups in total. The number of nitrogens with zero attached hydrogens (tertiary/aromatic N) is 4. The minimum Gasteiger partial charge on any atom is -0.360 e. The topological polar surface area (TPSA) is 86.8 Å². The van der Waals surface area contributed by atoms with Gasteiger partial charge in [0.15, 0.2) is 0 Å². The second-order valence-corrected chi connectivity index (χ2v) is 8.42. The summed E-state index contributed by atoms with van der Waals surface area (Å²) in [6.07, 6.45) is 7.49. The number of carbonyl (C=O) groups excluding carboxylic acids is 1. The van der Waals surface area contributed by atoms with Crippen LogP contribution in [-0.4, -0.2) is 43.8 Å². The lowest BCUT2D eigenvalue weighted by Crippen LogP contribution is -2.38. The number of anilines is 2. The van der Waals surface area contributed by atoms with E-state index in [2.05, 4.69) is 34.3 Å². The minimum absolute atomic E-state index is 0.101. The Morgan fingerprint density at radius 1 is 1.19 bits per heavy atom. The highest BCUT2D eigenvalue weighted by Gasteiger charge is 2.26. The van der Waals surface area contributed by atoms with Crippen LogP contribution in [-0.2, 0) is 4.79 Å². The van der Waals surface area contributed by atoms with Crippen LogP contribution in [0.25, 0.3) is 22.2 Å². The maximum absolute atomic E-state index is 12.0. The number of rotatable bonds is 4. The van der Waals surface area contributed by atoms with E-state index in [0.29, 0.717) is 6.54 Å². The average Bonchev–Trinajstić information content (AvgIpc) is 3.28. The molecule has 0 aliphatic carbocycles. The molecule has 1 unspecified atom stereocenters. The highest BCUT2D eigenvalue weighted by Crippen LogP contribution is 2.32. The predicted molar refractivity (Wildman–Crippen MR) is 126 cm³/mol. The molecule has 1 aliphatic rings. The van der Waals surface area contributed by atoms with Gasteiger partial charge in [-0.1, -0.05) is 12.1 Å². The van der Waals surface area contributed by atoms with Crippen LogP contribution in [0.5, 0.6) is 0 Å². The molecule has 1 amide bonds. The van der Waals surface area contributed by atoms with Crippen molar-refractivity contribution in [3.05, 3.63) is 66.4 Å². The Balaban J connectivity index is 1.59. The molecule has 32 heavy (non-hydrogen) atoms. The molecule has 4 aromatic rings. The van der Waals surface area contributed by atoms with Crippen molar-refractivity contribution < 1.29 is 4.79 Å². The van der Waals surface area contributed by atoms with Crippen molar-refractivity contribution in [3.63, 3.8) is 0 Å². The molecule has 3 aromatic heterocycles. The van der Waals surface area contributed by atoms with E-state index in [1.807, 2.05) is 47.8 Å². The fraction of sp³-hybridized carbons (Fsp3) is 0.280. The molecule has 4 heterocycles. The average molecular weight is 427 g/mol. The molecule has 162 valence electrons. The van der Waals surface area contributed by atoms with Gasteiger partial charge in [0.1, 0.15) is 11.6 Å². The first kappa shape index (κ1) is 20.2. The summed E-state index contributed by atoms with van der Waals surface area (Å²) in [5.41, 5.74) is 4.90. The van der Waals surface area contributed by atoms with E-state index >= 15 is 0 Å². The van der Waals surface area contributed by atoms with Crippen LogP contribution in [0.4, 0.5) is 11.5 Å². The Labute approximate surface area is 186 Å². The van der Waals surface area contributed by atoms with Gasteiger partial charge >= 0.3 is 0 Å². The summed E-state index contributed by atoms with van der Waals surface area (Å²) >= 11 is 0. The lowest BCUT2D eigenvalue weighted by atomic mass is 9.96. The van der Waals surface area contributed by atoms with Crippen molar-refractivity contribution in [3.8, 4) is 11.3 Å². The molecule has 1 aliphatic heterocycles. The number of hydrogen-bond acceptors (Lipinski definition) is 5. The molecular formula is C25H26N6O. The Hall–Kier alpha value is -3.74. The molecule has 1 aromatic carbocycles. The number of likely N-dealkylation sites (tertiary alicyclic amines) is 1. The monoisotopic (exact) mass is 426 g/mol. The standard InChI is InChI=1S/C25H26N6O/c1-16-5-3-7-19(11-16)28-24-12-22(21-13-26-14-23-20(21)8-9-27-23)29-25(30-24)18-6-4-10-31(15-18)17(2)32/h3,5,7-9,11-14,18,27H,4,6,10,15H2,1-2H3,(H,28,29,30). The molecule has 1 saturated heterocycles. The van der Waals surface area contributed by atoms with Crippen molar-refractivity contribution >= 4 is 28.3 Å². The van der Waals surface area contributed by atoms with Crippen LogP contribution in [0, 0.1) is 6.92 Å². The molecular weight excluding hydrogens is 400 g/mol. The second-order valence-electron chi connectivity index (χ2n) is 8.42. The Bertz CT molecular complexity index is 1280. The van der Waals surface area contributed by atoms with Gasteiger partial charge in [-0.25, -0.2) is 9.97 Å². The van der Waals surface area contributed by atoms with E-state index in [0.717, 1.165) is 58.9 Å². The molecule has 7 nitrogen and oxygen atoms in total. The fourth-order valence-electron chi connectivity index (χ4n) is 4.38. The maximum atomic E-state index is 12.0. The van der Waals surface area contributed by atoms with Gasteiger partial charge in [-0.15, -0.1) is 0 Å². The molecule has 5 rings (SSSR count). The van der Waals surface area contributed by atoms with E-state index in [-0.39, 0.29) is 11.8 Å². The quantitative estimate of drug-likeness (QED) is 0.490. The maximum Gasteiger partial charge on any atom is 0.219 e. The summed E-state index contributed by atoms with van der Waals surface area (Å²) in [5.74, 6) is 1.70. The minimum atomic E-state index is 0.101. The number of aryl methyl sites for hydroxylation is 1. The third-order valence-electron chi connectivity index (χ3n) is 6.02. The zero-order valence-electron chi connectivity index (χ0n) is 18.3. The third kappa shape index (κ3) is 4.06. The molecule has 0 saturated carbocycles. The summed E-state index contributed by atoms with van der Waals surface area (Å²) < 4.78 is 0. The first-order valence-corrected chi connectivity index (χ1v) is 11.0. The predicted octanol–water partition coefficient (Wildman–Crippen LogP) is 4.80. The summed E-state index contributed by atoms with van der Waals surface area (Å²) in [5, 5.41) is 4.52. The second kappa shape index (κ2) is 8.42. The van der Waals surface area contributed by atoms with Gasteiger partial charge in [0.25, 0.3) is 0 Å². The highest BCUT2D eigenvalue weighted by molar-refractivity contribution is 5.93. The Morgan fingerprint density at radius 3 is 2.94 bits per heavy atom. The lowest BCUT2D eigenvalue weighted by Gasteiger charge is -2.31. The van der Waals surface area contributed by atoms with Crippen molar-refractivity contribution in [2.24, 2.45) is 0 Å². The highest BCUT2D eigenvalue weighted by atomic mass is 16.2. The fourth-order valence-corrected chi connectivity index (χ4v) is 4.38. The van der Waals surface area contributed by atoms with Gasteiger partial charge in [0.05, 0.1) is 17.4 Å². The summed E-state index contributed by atoms with van der Waals surface area (Å²) in [6, 6.07) is 12.2. The number of pyridine rings is 1. The number of fused-ring (bicyclic) bond motifs is 1. The van der Waals surface area contributed by atoms with E-state index in [1.54, 1.807) is 6.92 Å². The number of piperidine rings is 1. The van der Waals surface area contributed by atoms with Crippen LogP contribution in [0.3, 0.4) is 0 Å². The SMILES string of the molecule is CC(=O)N1CCCC(c2nc(Nc3cccc(C)c3)cc(-c3cncc4[nH]ccc34)n2)C1. The number of benzene rings is 1. The van der Waals surface area contributed by atoms with E-state index in [4.69, 9.17) is 9.97 Å². The number of H-pyrrole nitrogens is 1. The van der Waals surface area contributed by atoms with Gasteiger partial charge in [-0.3, -0.25) is 9.78 Å². The van der Waals surface area contributed by atoms with E-state index in [1.165, 1.54) is 5.56 Å². The van der Waals surface area contributed by atoms with Crippen LogP contribution in [0.15, 0.2) is 55.0 Å². The van der Waals surface area contributed by atoms with Crippen LogP contribution in [0.1, 0.15) is 37.1 Å². The van der Waals surface area contributed by atoms with Crippen LogP contribution in [0.2, 0.25) is 0 Å². The number of aromatic nitrogens is 4. The molecule has 7 heteroatoms. The molecule has 0 bridgehead atoms. The summed E-state index contributed by atoms with van der Waals surface area (Å²) in [4.78, 5) is 31.3. The summed E-state index contributed by atoms with van der Waals surface area (Å²) in [6.45, 7) is 5.14. The Morgan fingerprint density at radius 2 is 2.09 bits per heavy atom. The van der Waals surface area contributed by atoms with Gasteiger partial charge in [0, 0.05) is 61.0 Å². The Kier molecular flexibility index (Phi) is 5.31. The van der Waals surface area contributed by atoms with E-state index < -0.39 is 0 Å². The summed E-state index contributed by atoms with van der Waals surface area (Å²) in [7, 11) is 0. The first-order valence-electron chi connectivity index (χ1n) is 11.0. The number of aromatic amines is 1. The normalized spacial score (nSPS) is 16.3. The zero-order chi connectivity index (χ0) is 22.1. The van der Waals surface area contributed by atoms with Crippen LogP contribution >= 0.6 is 0 Å². The third-order valence-corrected chi connectivity index (χ3v) is 6.02. The first-order chi connectivity index (χ1) is 15.6. The molecule has 1 atom stereocenters. The van der Waals surface area contributed by atoms with Gasteiger partial charge in [0.2, 0.25) is 5.91 Å². The smallest absolute Gasteiger partial charge is 0.219 e. The number of nitrogens with one attached hydrogen (secondary N) is 2. The number of hydrogen-bond donors (Lipinski definition) is 2. The van der Waals surface area contributed by atoms with Crippen molar-refractivity contribution in [2.45, 2.75) is 32.6 Å². The number of carbonyl (C=O) groups is 1. The lowest BCUT2D eigenvalue weighted by molar-refractivity contribution is -0.130. The molecule has 0 radical (unpaired) electrons. The van der Waals surface area contributed by atoms with E-state index in [9.17, 15) is 4.79 Å². The van der Waals surface area contributed by atoms with Gasteiger partial charge in [-0.05, 0) is 43.5 Å². The molecule has 0 spiro atoms. The number of amides is 1. The van der Waals surface area contributed by atoms with Crippen molar-refractivity contribution in [2.75, 3.05) is 18.4 Å². The largest absolute Gasteiger partial charge is 0.360 e.